The van der Waals surface area contributed by atoms with E-state index in [0.717, 1.165) is 4.47 Å². The van der Waals surface area contributed by atoms with E-state index in [2.05, 4.69) is 22.0 Å². The summed E-state index contributed by atoms with van der Waals surface area (Å²) in [6.45, 7) is 4.64. The van der Waals surface area contributed by atoms with Crippen molar-refractivity contribution < 1.29 is 14.6 Å². The van der Waals surface area contributed by atoms with Crippen LogP contribution in [0.15, 0.2) is 16.6 Å². The maximum atomic E-state index is 10.4. The summed E-state index contributed by atoms with van der Waals surface area (Å²) in [5, 5.41) is 19.7. The molecule has 0 amide bonds. The molecule has 0 aliphatic carbocycles. The van der Waals surface area contributed by atoms with Crippen LogP contribution < -0.4 is 9.47 Å². The first-order valence-corrected chi connectivity index (χ1v) is 6.99. The van der Waals surface area contributed by atoms with E-state index in [1.54, 1.807) is 19.1 Å². The van der Waals surface area contributed by atoms with Crippen molar-refractivity contribution in [2.24, 2.45) is 5.41 Å². The quantitative estimate of drug-likeness (QED) is 0.926. The lowest BCUT2D eigenvalue weighted by Gasteiger charge is -2.28. The van der Waals surface area contributed by atoms with Gasteiger partial charge in [-0.3, -0.25) is 0 Å². The largest absolute Gasteiger partial charge is 0.486 e. The van der Waals surface area contributed by atoms with Gasteiger partial charge in [-0.15, -0.1) is 0 Å². The summed E-state index contributed by atoms with van der Waals surface area (Å²) in [7, 11) is 0. The van der Waals surface area contributed by atoms with Gasteiger partial charge in [-0.1, -0.05) is 6.92 Å². The van der Waals surface area contributed by atoms with Gasteiger partial charge >= 0.3 is 0 Å². The summed E-state index contributed by atoms with van der Waals surface area (Å²) >= 11 is 3.41. The molecule has 19 heavy (non-hydrogen) atoms. The number of ether oxygens (including phenoxy) is 2. The van der Waals surface area contributed by atoms with Gasteiger partial charge in [-0.2, -0.15) is 5.26 Å². The number of hydrogen-bond donors (Lipinski definition) is 1. The molecule has 4 nitrogen and oxygen atoms in total. The molecule has 102 valence electrons. The van der Waals surface area contributed by atoms with E-state index in [4.69, 9.17) is 9.47 Å². The van der Waals surface area contributed by atoms with Gasteiger partial charge in [0.1, 0.15) is 13.2 Å². The van der Waals surface area contributed by atoms with Gasteiger partial charge < -0.3 is 14.6 Å². The van der Waals surface area contributed by atoms with Gasteiger partial charge in [0.2, 0.25) is 0 Å². The third-order valence-corrected chi connectivity index (χ3v) is 4.12. The van der Waals surface area contributed by atoms with E-state index in [9.17, 15) is 10.4 Å². The van der Waals surface area contributed by atoms with E-state index in [0.29, 0.717) is 36.7 Å². The molecule has 0 saturated carbocycles. The fourth-order valence-electron chi connectivity index (χ4n) is 1.99. The number of nitrogens with zero attached hydrogens (tertiary/aromatic N) is 1. The Kier molecular flexibility index (Phi) is 4.02. The minimum atomic E-state index is -0.866. The Labute approximate surface area is 121 Å². The molecule has 1 aromatic carbocycles. The molecule has 0 fully saturated rings. The molecular weight excluding hydrogens is 310 g/mol. The zero-order chi connectivity index (χ0) is 14.0. The van der Waals surface area contributed by atoms with E-state index in [-0.39, 0.29) is 0 Å². The van der Waals surface area contributed by atoms with E-state index in [1.165, 1.54) is 0 Å². The highest BCUT2D eigenvalue weighted by molar-refractivity contribution is 9.10. The van der Waals surface area contributed by atoms with Crippen molar-refractivity contribution >= 4 is 15.9 Å². The third-order valence-electron chi connectivity index (χ3n) is 3.53. The van der Waals surface area contributed by atoms with Crippen LogP contribution in [0.4, 0.5) is 0 Å². The summed E-state index contributed by atoms with van der Waals surface area (Å²) in [5.41, 5.74) is -0.162. The second-order valence-corrected chi connectivity index (χ2v) is 5.67. The number of aliphatic hydroxyl groups is 1. The Morgan fingerprint density at radius 3 is 2.79 bits per heavy atom. The first-order valence-electron chi connectivity index (χ1n) is 6.20. The van der Waals surface area contributed by atoms with Gasteiger partial charge in [0, 0.05) is 0 Å². The number of fused-ring (bicyclic) bond motifs is 1. The molecule has 0 spiro atoms. The van der Waals surface area contributed by atoms with Crippen molar-refractivity contribution in [3.63, 3.8) is 0 Å². The first kappa shape index (κ1) is 14.2. The van der Waals surface area contributed by atoms with Crippen molar-refractivity contribution in [3.8, 4) is 17.6 Å². The van der Waals surface area contributed by atoms with Crippen molar-refractivity contribution in [1.29, 1.82) is 5.26 Å². The monoisotopic (exact) mass is 325 g/mol. The van der Waals surface area contributed by atoms with Crippen LogP contribution in [0.5, 0.6) is 11.5 Å². The predicted molar refractivity (Wildman–Crippen MR) is 74.1 cm³/mol. The standard InChI is InChI=1S/C14H16BrNO3/c1-3-14(2,8-16)13(17)9-6-10(15)12-11(7-9)18-4-5-19-12/h6-7,13,17H,3-5H2,1-2H3. The number of rotatable bonds is 3. The normalized spacial score (nSPS) is 18.3. The average molecular weight is 326 g/mol. The van der Waals surface area contributed by atoms with E-state index >= 15 is 0 Å². The van der Waals surface area contributed by atoms with Crippen LogP contribution in [-0.4, -0.2) is 18.3 Å². The molecular formula is C14H16BrNO3. The van der Waals surface area contributed by atoms with Crippen LogP contribution in [-0.2, 0) is 0 Å². The topological polar surface area (TPSA) is 62.5 Å². The van der Waals surface area contributed by atoms with E-state index < -0.39 is 11.5 Å². The van der Waals surface area contributed by atoms with Gasteiger partial charge in [0.15, 0.2) is 11.5 Å². The summed E-state index contributed by atoms with van der Waals surface area (Å²) in [5.74, 6) is 1.25. The van der Waals surface area contributed by atoms with Crippen LogP contribution in [0.1, 0.15) is 31.9 Å². The first-order chi connectivity index (χ1) is 9.01. The fraction of sp³-hybridized carbons (Fsp3) is 0.500. The van der Waals surface area contributed by atoms with Crippen molar-refractivity contribution in [2.45, 2.75) is 26.4 Å². The Morgan fingerprint density at radius 2 is 2.16 bits per heavy atom. The second kappa shape index (κ2) is 5.40. The minimum Gasteiger partial charge on any atom is -0.486 e. The number of halogens is 1. The zero-order valence-electron chi connectivity index (χ0n) is 10.9. The molecule has 2 unspecified atom stereocenters. The van der Waals surface area contributed by atoms with Crippen molar-refractivity contribution in [2.75, 3.05) is 13.2 Å². The number of nitriles is 1. The minimum absolute atomic E-state index is 0.488. The summed E-state index contributed by atoms with van der Waals surface area (Å²) in [6.07, 6.45) is -0.300. The lowest BCUT2D eigenvalue weighted by atomic mass is 9.80. The van der Waals surface area contributed by atoms with Crippen LogP contribution in [0.2, 0.25) is 0 Å². The highest BCUT2D eigenvalue weighted by Gasteiger charge is 2.33. The Hall–Kier alpha value is -1.25. The molecule has 5 heteroatoms. The lowest BCUT2D eigenvalue weighted by molar-refractivity contribution is 0.0714. The molecule has 1 heterocycles. The Balaban J connectivity index is 2.41. The molecule has 0 saturated heterocycles. The van der Waals surface area contributed by atoms with E-state index in [1.807, 2.05) is 6.92 Å². The summed E-state index contributed by atoms with van der Waals surface area (Å²) in [4.78, 5) is 0. The predicted octanol–water partition coefficient (Wildman–Crippen LogP) is 3.19. The van der Waals surface area contributed by atoms with Crippen LogP contribution in [0, 0.1) is 16.7 Å². The highest BCUT2D eigenvalue weighted by Crippen LogP contribution is 2.43. The van der Waals surface area contributed by atoms with Crippen LogP contribution in [0.3, 0.4) is 0 Å². The smallest absolute Gasteiger partial charge is 0.175 e. The molecule has 1 aliphatic heterocycles. The molecule has 0 aromatic heterocycles. The number of aliphatic hydroxyl groups excluding tert-OH is 1. The maximum Gasteiger partial charge on any atom is 0.175 e. The maximum absolute atomic E-state index is 10.4. The number of benzene rings is 1. The van der Waals surface area contributed by atoms with Crippen molar-refractivity contribution in [3.05, 3.63) is 22.2 Å². The molecule has 0 radical (unpaired) electrons. The summed E-state index contributed by atoms with van der Waals surface area (Å²) < 4.78 is 11.8. The molecule has 1 aromatic rings. The lowest BCUT2D eigenvalue weighted by Crippen LogP contribution is -2.23. The van der Waals surface area contributed by atoms with Gasteiger partial charge in [-0.25, -0.2) is 0 Å². The van der Waals surface area contributed by atoms with Gasteiger partial charge in [0.05, 0.1) is 22.1 Å². The highest BCUT2D eigenvalue weighted by atomic mass is 79.9. The molecule has 2 atom stereocenters. The van der Waals surface area contributed by atoms with Gasteiger partial charge in [0.25, 0.3) is 0 Å². The van der Waals surface area contributed by atoms with Crippen LogP contribution in [0.25, 0.3) is 0 Å². The van der Waals surface area contributed by atoms with Gasteiger partial charge in [-0.05, 0) is 47.0 Å². The van der Waals surface area contributed by atoms with Crippen LogP contribution >= 0.6 is 15.9 Å². The third kappa shape index (κ3) is 2.56. The second-order valence-electron chi connectivity index (χ2n) is 4.81. The molecule has 0 bridgehead atoms. The fourth-order valence-corrected chi connectivity index (χ4v) is 2.56. The molecule has 2 rings (SSSR count). The summed E-state index contributed by atoms with van der Waals surface area (Å²) in [6, 6.07) is 5.71. The molecule has 1 aliphatic rings. The Morgan fingerprint density at radius 1 is 1.47 bits per heavy atom. The zero-order valence-corrected chi connectivity index (χ0v) is 12.5. The SMILES string of the molecule is CCC(C)(C#N)C(O)c1cc(Br)c2c(c1)OCCO2. The average Bonchev–Trinajstić information content (AvgIpc) is 2.45. The van der Waals surface area contributed by atoms with Crippen molar-refractivity contribution in [1.82, 2.24) is 0 Å². The Bertz CT molecular complexity index is 526. The molecule has 1 N–H and O–H groups in total. The number of hydrogen-bond acceptors (Lipinski definition) is 4.